The van der Waals surface area contributed by atoms with Crippen LogP contribution >= 0.6 is 0 Å². The van der Waals surface area contributed by atoms with E-state index in [-0.39, 0.29) is 17.8 Å². The molecule has 1 aromatic carbocycles. The van der Waals surface area contributed by atoms with E-state index < -0.39 is 5.41 Å². The van der Waals surface area contributed by atoms with E-state index in [1.165, 1.54) is 12.1 Å². The molecule has 0 spiro atoms. The molecule has 1 saturated heterocycles. The molecule has 150 valence electrons. The number of ether oxygens (including phenoxy) is 1. The number of carbonyl (C=O) groups is 1. The normalized spacial score (nSPS) is 23.3. The number of nitrogens with one attached hydrogen (secondary N) is 1. The molecule has 1 unspecified atom stereocenters. The Balaban J connectivity index is 1.65. The van der Waals surface area contributed by atoms with Gasteiger partial charge in [-0.1, -0.05) is 45.2 Å². The zero-order valence-electron chi connectivity index (χ0n) is 16.7. The van der Waals surface area contributed by atoms with E-state index in [0.717, 1.165) is 57.3 Å². The van der Waals surface area contributed by atoms with Crippen LogP contribution in [0.3, 0.4) is 0 Å². The Labute approximate surface area is 162 Å². The molecule has 1 aliphatic heterocycles. The standard InChI is InChI=1S/C22H33FN2O2/c1-17(2)15-25-11-12-27-20(16-25)14-24-21(26)22(9-4-3-5-10-22)18-7-6-8-19(23)13-18/h6-8,13,17,20H,3-5,9-12,14-16H2,1-2H3,(H,24,26). The van der Waals surface area contributed by atoms with Gasteiger partial charge in [0, 0.05) is 26.2 Å². The second-order valence-electron chi connectivity index (χ2n) is 8.51. The minimum Gasteiger partial charge on any atom is -0.374 e. The number of benzene rings is 1. The van der Waals surface area contributed by atoms with Crippen LogP contribution in [0.5, 0.6) is 0 Å². The van der Waals surface area contributed by atoms with Crippen molar-refractivity contribution in [3.05, 3.63) is 35.6 Å². The van der Waals surface area contributed by atoms with Crippen molar-refractivity contribution in [3.63, 3.8) is 0 Å². The molecule has 5 heteroatoms. The van der Waals surface area contributed by atoms with Crippen molar-refractivity contribution in [2.45, 2.75) is 57.5 Å². The SMILES string of the molecule is CC(C)CN1CCOC(CNC(=O)C2(c3cccc(F)c3)CCCCC2)C1. The van der Waals surface area contributed by atoms with Gasteiger partial charge in [0.15, 0.2) is 0 Å². The third kappa shape index (κ3) is 5.08. The fourth-order valence-electron chi connectivity index (χ4n) is 4.55. The quantitative estimate of drug-likeness (QED) is 0.826. The first-order valence-corrected chi connectivity index (χ1v) is 10.4. The molecule has 1 aromatic rings. The van der Waals surface area contributed by atoms with E-state index >= 15 is 0 Å². The van der Waals surface area contributed by atoms with Crippen LogP contribution in [0.25, 0.3) is 0 Å². The Hall–Kier alpha value is -1.46. The Bertz CT molecular complexity index is 628. The minimum absolute atomic E-state index is 0.0228. The lowest BCUT2D eigenvalue weighted by Gasteiger charge is -2.38. The average Bonchev–Trinajstić information content (AvgIpc) is 2.66. The Morgan fingerprint density at radius 2 is 2.11 bits per heavy atom. The highest BCUT2D eigenvalue weighted by molar-refractivity contribution is 5.88. The molecule has 1 saturated carbocycles. The van der Waals surface area contributed by atoms with E-state index in [0.29, 0.717) is 19.1 Å². The molecular formula is C22H33FN2O2. The van der Waals surface area contributed by atoms with Crippen molar-refractivity contribution in [2.24, 2.45) is 5.92 Å². The van der Waals surface area contributed by atoms with Gasteiger partial charge < -0.3 is 10.1 Å². The maximum absolute atomic E-state index is 13.8. The molecule has 27 heavy (non-hydrogen) atoms. The van der Waals surface area contributed by atoms with Crippen LogP contribution in [-0.4, -0.2) is 49.7 Å². The van der Waals surface area contributed by atoms with Crippen LogP contribution < -0.4 is 5.32 Å². The Morgan fingerprint density at radius 3 is 2.81 bits per heavy atom. The summed E-state index contributed by atoms with van der Waals surface area (Å²) in [6.07, 6.45) is 4.74. The maximum atomic E-state index is 13.8. The van der Waals surface area contributed by atoms with Crippen molar-refractivity contribution in [1.29, 1.82) is 0 Å². The van der Waals surface area contributed by atoms with Gasteiger partial charge in [-0.05, 0) is 36.5 Å². The molecular weight excluding hydrogens is 343 g/mol. The minimum atomic E-state index is -0.605. The zero-order chi connectivity index (χ0) is 19.3. The van der Waals surface area contributed by atoms with Gasteiger partial charge in [-0.2, -0.15) is 0 Å². The fourth-order valence-corrected chi connectivity index (χ4v) is 4.55. The van der Waals surface area contributed by atoms with Crippen molar-refractivity contribution < 1.29 is 13.9 Å². The topological polar surface area (TPSA) is 41.6 Å². The first kappa shape index (κ1) is 20.3. The summed E-state index contributed by atoms with van der Waals surface area (Å²) in [5, 5.41) is 3.14. The molecule has 2 aliphatic rings. The highest BCUT2D eigenvalue weighted by Crippen LogP contribution is 2.40. The highest BCUT2D eigenvalue weighted by Gasteiger charge is 2.41. The average molecular weight is 377 g/mol. The van der Waals surface area contributed by atoms with E-state index in [9.17, 15) is 9.18 Å². The van der Waals surface area contributed by atoms with Gasteiger partial charge in [0.1, 0.15) is 5.82 Å². The van der Waals surface area contributed by atoms with Crippen LogP contribution in [-0.2, 0) is 14.9 Å². The first-order chi connectivity index (χ1) is 13.0. The van der Waals surface area contributed by atoms with Crippen molar-refractivity contribution in [2.75, 3.05) is 32.8 Å². The summed E-state index contributed by atoms with van der Waals surface area (Å²) < 4.78 is 19.7. The van der Waals surface area contributed by atoms with E-state index in [2.05, 4.69) is 24.1 Å². The number of morpholine rings is 1. The molecule has 3 rings (SSSR count). The number of nitrogens with zero attached hydrogens (tertiary/aromatic N) is 1. The smallest absolute Gasteiger partial charge is 0.230 e. The summed E-state index contributed by atoms with van der Waals surface area (Å²) in [6.45, 7) is 8.53. The van der Waals surface area contributed by atoms with Gasteiger partial charge in [0.05, 0.1) is 18.1 Å². The zero-order valence-corrected chi connectivity index (χ0v) is 16.7. The second kappa shape index (κ2) is 9.16. The van der Waals surface area contributed by atoms with Gasteiger partial charge in [0.2, 0.25) is 5.91 Å². The van der Waals surface area contributed by atoms with Gasteiger partial charge >= 0.3 is 0 Å². The molecule has 0 bridgehead atoms. The lowest BCUT2D eigenvalue weighted by Crippen LogP contribution is -2.52. The third-order valence-electron chi connectivity index (χ3n) is 5.86. The predicted octanol–water partition coefficient (Wildman–Crippen LogP) is 3.50. The highest BCUT2D eigenvalue weighted by atomic mass is 19.1. The van der Waals surface area contributed by atoms with E-state index in [1.807, 2.05) is 6.07 Å². The van der Waals surface area contributed by atoms with Gasteiger partial charge in [-0.15, -0.1) is 0 Å². The number of amides is 1. The Morgan fingerprint density at radius 1 is 1.33 bits per heavy atom. The number of rotatable bonds is 6. The van der Waals surface area contributed by atoms with Crippen LogP contribution in [0, 0.1) is 11.7 Å². The molecule has 0 radical (unpaired) electrons. The third-order valence-corrected chi connectivity index (χ3v) is 5.86. The van der Waals surface area contributed by atoms with Crippen molar-refractivity contribution in [3.8, 4) is 0 Å². The predicted molar refractivity (Wildman–Crippen MR) is 105 cm³/mol. The van der Waals surface area contributed by atoms with Gasteiger partial charge in [0.25, 0.3) is 0 Å². The molecule has 1 aliphatic carbocycles. The van der Waals surface area contributed by atoms with Crippen molar-refractivity contribution in [1.82, 2.24) is 10.2 Å². The molecule has 4 nitrogen and oxygen atoms in total. The summed E-state index contributed by atoms with van der Waals surface area (Å²) in [4.78, 5) is 15.6. The Kier molecular flexibility index (Phi) is 6.88. The molecule has 1 atom stereocenters. The van der Waals surface area contributed by atoms with Crippen LogP contribution in [0.2, 0.25) is 0 Å². The lowest BCUT2D eigenvalue weighted by molar-refractivity contribution is -0.129. The van der Waals surface area contributed by atoms with E-state index in [4.69, 9.17) is 4.74 Å². The monoisotopic (exact) mass is 376 g/mol. The summed E-state index contributed by atoms with van der Waals surface area (Å²) in [6, 6.07) is 6.58. The molecule has 2 fully saturated rings. The van der Waals surface area contributed by atoms with Crippen LogP contribution in [0.15, 0.2) is 24.3 Å². The van der Waals surface area contributed by atoms with E-state index in [1.54, 1.807) is 6.07 Å². The second-order valence-corrected chi connectivity index (χ2v) is 8.51. The number of halogens is 1. The molecule has 1 N–H and O–H groups in total. The van der Waals surface area contributed by atoms with Crippen LogP contribution in [0.1, 0.15) is 51.5 Å². The van der Waals surface area contributed by atoms with Gasteiger partial charge in [-0.3, -0.25) is 9.69 Å². The van der Waals surface area contributed by atoms with Crippen molar-refractivity contribution >= 4 is 5.91 Å². The molecule has 1 amide bonds. The summed E-state index contributed by atoms with van der Waals surface area (Å²) in [5.74, 6) is 0.374. The van der Waals surface area contributed by atoms with Crippen LogP contribution in [0.4, 0.5) is 4.39 Å². The molecule has 1 heterocycles. The fraction of sp³-hybridized carbons (Fsp3) is 0.682. The summed E-state index contributed by atoms with van der Waals surface area (Å²) >= 11 is 0. The first-order valence-electron chi connectivity index (χ1n) is 10.4. The number of hydrogen-bond donors (Lipinski definition) is 1. The lowest BCUT2D eigenvalue weighted by atomic mass is 9.68. The largest absolute Gasteiger partial charge is 0.374 e. The summed E-state index contributed by atoms with van der Waals surface area (Å²) in [5.41, 5.74) is 0.206. The summed E-state index contributed by atoms with van der Waals surface area (Å²) in [7, 11) is 0. The number of carbonyl (C=O) groups excluding carboxylic acids is 1. The maximum Gasteiger partial charge on any atom is 0.230 e. The molecule has 0 aromatic heterocycles. The van der Waals surface area contributed by atoms with Gasteiger partial charge in [-0.25, -0.2) is 4.39 Å². The number of hydrogen-bond acceptors (Lipinski definition) is 3.